The van der Waals surface area contributed by atoms with Gasteiger partial charge in [-0.25, -0.2) is 0 Å². The van der Waals surface area contributed by atoms with E-state index in [0.29, 0.717) is 15.4 Å². The molecule has 0 unspecified atom stereocenters. The fraction of sp³-hybridized carbons (Fsp3) is 0. The number of para-hydroxylation sites is 1. The third-order valence-electron chi connectivity index (χ3n) is 2.32. The third kappa shape index (κ3) is 2.75. The third-order valence-corrected chi connectivity index (χ3v) is 2.83. The van der Waals surface area contributed by atoms with Crippen molar-refractivity contribution in [2.24, 2.45) is 0 Å². The van der Waals surface area contributed by atoms with E-state index < -0.39 is 0 Å². The van der Waals surface area contributed by atoms with Crippen molar-refractivity contribution >= 4 is 35.1 Å². The van der Waals surface area contributed by atoms with Crippen LogP contribution >= 0.6 is 23.2 Å². The zero-order valence-corrected chi connectivity index (χ0v) is 10.7. The molecule has 1 N–H and O–H groups in total. The number of hydrogen-bond donors (Lipinski definition) is 1. The van der Waals surface area contributed by atoms with E-state index in [9.17, 15) is 10.3 Å². The molecule has 0 bridgehead atoms. The average molecular weight is 282 g/mol. The highest BCUT2D eigenvalue weighted by Gasteiger charge is 2.10. The van der Waals surface area contributed by atoms with Gasteiger partial charge in [0.05, 0.1) is 10.6 Å². The van der Waals surface area contributed by atoms with Crippen LogP contribution in [0, 0.1) is 5.21 Å². The van der Waals surface area contributed by atoms with Gasteiger partial charge >= 0.3 is 0 Å². The lowest BCUT2D eigenvalue weighted by Gasteiger charge is -2.05. The van der Waals surface area contributed by atoms with E-state index in [1.54, 1.807) is 24.3 Å². The number of hydrogen-bond acceptors (Lipinski definition) is 2. The maximum atomic E-state index is 11.9. The van der Waals surface area contributed by atoms with Gasteiger partial charge in [-0.05, 0) is 12.1 Å². The Balaban J connectivity index is 2.45. The minimum absolute atomic E-state index is 0.107. The van der Waals surface area contributed by atoms with Crippen molar-refractivity contribution in [1.82, 2.24) is 0 Å². The second-order valence-corrected chi connectivity index (χ2v) is 4.46. The number of nitrogens with zero attached hydrogens (tertiary/aromatic N) is 1. The first-order valence-corrected chi connectivity index (χ1v) is 5.88. The van der Waals surface area contributed by atoms with Crippen LogP contribution in [0.1, 0.15) is 5.56 Å². The molecule has 0 aliphatic rings. The van der Waals surface area contributed by atoms with Gasteiger partial charge in [0.15, 0.2) is 6.21 Å². The van der Waals surface area contributed by atoms with Crippen molar-refractivity contribution in [1.29, 1.82) is 0 Å². The lowest BCUT2D eigenvalue weighted by molar-refractivity contribution is -0.354. The van der Waals surface area contributed by atoms with Gasteiger partial charge in [0.25, 0.3) is 0 Å². The number of phenols is 1. The quantitative estimate of drug-likeness (QED) is 0.392. The molecule has 0 fully saturated rings. The Bertz CT molecular complexity index is 597. The molecule has 2 aromatic carbocycles. The van der Waals surface area contributed by atoms with E-state index in [-0.39, 0.29) is 16.3 Å². The maximum absolute atomic E-state index is 11.9. The zero-order valence-electron chi connectivity index (χ0n) is 9.18. The molecular weight excluding hydrogens is 273 g/mol. The molecule has 3 nitrogen and oxygen atoms in total. The summed E-state index contributed by atoms with van der Waals surface area (Å²) in [5.41, 5.74) is 0.722. The smallest absolute Gasteiger partial charge is 0.216 e. The molecule has 0 aliphatic heterocycles. The minimum atomic E-state index is -0.169. The van der Waals surface area contributed by atoms with Crippen LogP contribution in [0.25, 0.3) is 0 Å². The molecular formula is C13H9Cl2NO2. The highest BCUT2D eigenvalue weighted by Crippen LogP contribution is 2.30. The van der Waals surface area contributed by atoms with Crippen LogP contribution in [0.5, 0.6) is 5.75 Å². The summed E-state index contributed by atoms with van der Waals surface area (Å²) >= 11 is 11.6. The van der Waals surface area contributed by atoms with E-state index in [4.69, 9.17) is 23.2 Å². The van der Waals surface area contributed by atoms with Crippen LogP contribution in [0.2, 0.25) is 10.0 Å². The lowest BCUT2D eigenvalue weighted by atomic mass is 10.2. The normalized spacial score (nSPS) is 11.6. The van der Waals surface area contributed by atoms with Crippen LogP contribution in [0.15, 0.2) is 42.5 Å². The number of benzene rings is 2. The molecule has 0 aromatic heterocycles. The topological polar surface area (TPSA) is 46.3 Å². The monoisotopic (exact) mass is 281 g/mol. The molecule has 0 spiro atoms. The Morgan fingerprint density at radius 2 is 1.78 bits per heavy atom. The maximum Gasteiger partial charge on any atom is 0.216 e. The van der Waals surface area contributed by atoms with Crippen molar-refractivity contribution in [2.75, 3.05) is 0 Å². The van der Waals surface area contributed by atoms with E-state index in [1.165, 1.54) is 18.3 Å². The molecule has 0 atom stereocenters. The van der Waals surface area contributed by atoms with Crippen LogP contribution in [0.3, 0.4) is 0 Å². The highest BCUT2D eigenvalue weighted by molar-refractivity contribution is 6.36. The molecule has 2 aromatic rings. The minimum Gasteiger partial charge on any atom is -0.618 e. The summed E-state index contributed by atoms with van der Waals surface area (Å²) in [6, 6.07) is 11.5. The Kier molecular flexibility index (Phi) is 3.75. The summed E-state index contributed by atoms with van der Waals surface area (Å²) in [4.78, 5) is 0. The lowest BCUT2D eigenvalue weighted by Crippen LogP contribution is -1.99. The first kappa shape index (κ1) is 12.7. The average Bonchev–Trinajstić information content (AvgIpc) is 2.36. The fourth-order valence-corrected chi connectivity index (χ4v) is 1.97. The second kappa shape index (κ2) is 5.29. The molecule has 2 rings (SSSR count). The van der Waals surface area contributed by atoms with Gasteiger partial charge in [-0.3, -0.25) is 0 Å². The largest absolute Gasteiger partial charge is 0.618 e. The Hall–Kier alpha value is -1.71. The highest BCUT2D eigenvalue weighted by atomic mass is 35.5. The summed E-state index contributed by atoms with van der Waals surface area (Å²) in [6.07, 6.45) is 1.22. The van der Waals surface area contributed by atoms with E-state index in [0.717, 1.165) is 0 Å². The summed E-state index contributed by atoms with van der Waals surface area (Å²) in [7, 11) is 0. The molecule has 0 amide bonds. The van der Waals surface area contributed by atoms with Crippen molar-refractivity contribution in [3.8, 4) is 5.75 Å². The predicted molar refractivity (Wildman–Crippen MR) is 73.0 cm³/mol. The first-order chi connectivity index (χ1) is 8.58. The van der Waals surface area contributed by atoms with Crippen molar-refractivity contribution in [3.63, 3.8) is 0 Å². The zero-order chi connectivity index (χ0) is 13.1. The van der Waals surface area contributed by atoms with E-state index in [1.807, 2.05) is 6.07 Å². The Morgan fingerprint density at radius 3 is 2.44 bits per heavy atom. The van der Waals surface area contributed by atoms with Gasteiger partial charge in [-0.1, -0.05) is 41.4 Å². The second-order valence-electron chi connectivity index (χ2n) is 3.62. The number of halogens is 2. The molecule has 0 radical (unpaired) electrons. The Labute approximate surface area is 114 Å². The van der Waals surface area contributed by atoms with Gasteiger partial charge in [-0.2, -0.15) is 4.74 Å². The molecule has 18 heavy (non-hydrogen) atoms. The first-order valence-electron chi connectivity index (χ1n) is 5.12. The van der Waals surface area contributed by atoms with Crippen molar-refractivity contribution < 1.29 is 9.85 Å². The number of aromatic hydroxyl groups is 1. The van der Waals surface area contributed by atoms with Gasteiger partial charge in [-0.15, -0.1) is 0 Å². The van der Waals surface area contributed by atoms with Gasteiger partial charge < -0.3 is 10.3 Å². The number of rotatable bonds is 2. The number of phenolic OH excluding ortho intramolecular Hbond substituents is 1. The summed E-state index contributed by atoms with van der Waals surface area (Å²) in [5, 5.41) is 22.0. The van der Waals surface area contributed by atoms with Crippen LogP contribution < -0.4 is 0 Å². The predicted octanol–water partition coefficient (Wildman–Crippen LogP) is 3.96. The van der Waals surface area contributed by atoms with Gasteiger partial charge in [0.2, 0.25) is 5.69 Å². The molecule has 0 heterocycles. The van der Waals surface area contributed by atoms with E-state index >= 15 is 0 Å². The fourth-order valence-electron chi connectivity index (χ4n) is 1.46. The van der Waals surface area contributed by atoms with Crippen molar-refractivity contribution in [3.05, 3.63) is 63.3 Å². The molecule has 5 heteroatoms. The van der Waals surface area contributed by atoms with Gasteiger partial charge in [0.1, 0.15) is 5.75 Å². The van der Waals surface area contributed by atoms with Crippen LogP contribution in [-0.4, -0.2) is 16.1 Å². The standard InChI is InChI=1S/C13H9Cl2NO2/c14-10-6-9(13(17)12(15)7-10)8-16(18)11-4-2-1-3-5-11/h1-8,17H/b16-8-. The molecule has 0 saturated heterocycles. The summed E-state index contributed by atoms with van der Waals surface area (Å²) < 4.78 is 0.641. The molecule has 0 aliphatic carbocycles. The summed E-state index contributed by atoms with van der Waals surface area (Å²) in [6.45, 7) is 0. The SMILES string of the molecule is [O-]/[N+](=C\c1cc(Cl)cc(Cl)c1O)c1ccccc1. The van der Waals surface area contributed by atoms with Gasteiger partial charge in [0, 0.05) is 17.2 Å². The van der Waals surface area contributed by atoms with E-state index in [2.05, 4.69) is 0 Å². The molecule has 0 saturated carbocycles. The molecule has 92 valence electrons. The Morgan fingerprint density at radius 1 is 1.11 bits per heavy atom. The van der Waals surface area contributed by atoms with Crippen molar-refractivity contribution in [2.45, 2.75) is 0 Å². The summed E-state index contributed by atoms with van der Waals surface area (Å²) in [5.74, 6) is -0.169. The van der Waals surface area contributed by atoms with Crippen LogP contribution in [0.4, 0.5) is 5.69 Å². The van der Waals surface area contributed by atoms with Crippen LogP contribution in [-0.2, 0) is 0 Å².